The van der Waals surface area contributed by atoms with E-state index in [1.807, 2.05) is 30.3 Å². The molecule has 7 nitrogen and oxygen atoms in total. The summed E-state index contributed by atoms with van der Waals surface area (Å²) in [7, 11) is 0. The first-order valence-electron chi connectivity index (χ1n) is 8.79. The van der Waals surface area contributed by atoms with Gasteiger partial charge in [-0.05, 0) is 24.3 Å². The molecule has 0 aromatic heterocycles. The second-order valence-electron chi connectivity index (χ2n) is 6.42. The zero-order valence-electron chi connectivity index (χ0n) is 15.6. The van der Waals surface area contributed by atoms with Crippen LogP contribution in [0.4, 0.5) is 4.79 Å². The number of benzene rings is 1. The van der Waals surface area contributed by atoms with E-state index in [1.54, 1.807) is 13.8 Å². The molecular formula is C20H26N2O5. The van der Waals surface area contributed by atoms with E-state index >= 15 is 0 Å². The highest BCUT2D eigenvalue weighted by molar-refractivity contribution is 5.89. The topological polar surface area (TPSA) is 105 Å². The van der Waals surface area contributed by atoms with Crippen molar-refractivity contribution in [3.8, 4) is 12.3 Å². The number of aliphatic carboxylic acids is 1. The first-order chi connectivity index (χ1) is 12.8. The Balaban J connectivity index is 2.61. The number of hydrogen-bond acceptors (Lipinski definition) is 4. The maximum atomic E-state index is 12.5. The predicted octanol–water partition coefficient (Wildman–Crippen LogP) is 2.31. The Bertz CT molecular complexity index is 667. The Hall–Kier alpha value is -3.01. The zero-order chi connectivity index (χ0) is 20.2. The van der Waals surface area contributed by atoms with E-state index in [0.29, 0.717) is 12.8 Å². The molecule has 2 atom stereocenters. The molecule has 0 unspecified atom stereocenters. The minimum absolute atomic E-state index is 0.0724. The summed E-state index contributed by atoms with van der Waals surface area (Å²) in [5.41, 5.74) is 0.817. The molecule has 0 spiro atoms. The van der Waals surface area contributed by atoms with E-state index in [-0.39, 0.29) is 18.9 Å². The van der Waals surface area contributed by atoms with Gasteiger partial charge in [0, 0.05) is 6.42 Å². The van der Waals surface area contributed by atoms with E-state index in [2.05, 4.69) is 16.6 Å². The molecule has 1 aromatic carbocycles. The van der Waals surface area contributed by atoms with Crippen LogP contribution >= 0.6 is 0 Å². The fraction of sp³-hybridized carbons (Fsp3) is 0.450. The zero-order valence-corrected chi connectivity index (χ0v) is 15.6. The summed E-state index contributed by atoms with van der Waals surface area (Å²) < 4.78 is 5.12. The van der Waals surface area contributed by atoms with Crippen LogP contribution in [0.3, 0.4) is 0 Å². The molecule has 0 aliphatic heterocycles. The number of alkyl carbamates (subject to hydrolysis) is 1. The maximum Gasteiger partial charge on any atom is 0.408 e. The number of amides is 2. The van der Waals surface area contributed by atoms with E-state index < -0.39 is 30.1 Å². The first-order valence-corrected chi connectivity index (χ1v) is 8.79. The minimum Gasteiger partial charge on any atom is -0.480 e. The van der Waals surface area contributed by atoms with E-state index in [9.17, 15) is 19.5 Å². The van der Waals surface area contributed by atoms with Gasteiger partial charge in [-0.2, -0.15) is 0 Å². The SMILES string of the molecule is C#CCCC[C@H](NC(=O)[C@H](NC(=O)OCc1ccccc1)C(C)C)C(=O)O. The summed E-state index contributed by atoms with van der Waals surface area (Å²) in [6.45, 7) is 3.56. The number of rotatable bonds is 10. The summed E-state index contributed by atoms with van der Waals surface area (Å²) >= 11 is 0. The van der Waals surface area contributed by atoms with Crippen LogP contribution in [0.15, 0.2) is 30.3 Å². The van der Waals surface area contributed by atoms with Crippen LogP contribution in [0.2, 0.25) is 0 Å². The van der Waals surface area contributed by atoms with Crippen molar-refractivity contribution in [2.24, 2.45) is 5.92 Å². The van der Waals surface area contributed by atoms with Crippen LogP contribution in [-0.4, -0.2) is 35.2 Å². The number of unbranched alkanes of at least 4 members (excludes halogenated alkanes) is 1. The Morgan fingerprint density at radius 2 is 1.85 bits per heavy atom. The molecule has 0 saturated heterocycles. The lowest BCUT2D eigenvalue weighted by molar-refractivity contribution is -0.142. The average Bonchev–Trinajstić information content (AvgIpc) is 2.64. The summed E-state index contributed by atoms with van der Waals surface area (Å²) in [6.07, 6.45) is 5.54. The lowest BCUT2D eigenvalue weighted by Crippen LogP contribution is -2.53. The standard InChI is InChI=1S/C20H26N2O5/c1-4-5-7-12-16(19(24)25)21-18(23)17(14(2)3)22-20(26)27-13-15-10-8-6-9-11-15/h1,6,8-11,14,16-17H,5,7,12-13H2,2-3H3,(H,21,23)(H,22,26)(H,24,25)/t16-,17+/m0/s1. The van der Waals surface area contributed by atoms with Crippen LogP contribution in [0.1, 0.15) is 38.7 Å². The van der Waals surface area contributed by atoms with Gasteiger partial charge in [0.15, 0.2) is 0 Å². The summed E-state index contributed by atoms with van der Waals surface area (Å²) in [5, 5.41) is 14.2. The molecular weight excluding hydrogens is 348 g/mol. The summed E-state index contributed by atoms with van der Waals surface area (Å²) in [6, 6.07) is 7.16. The van der Waals surface area contributed by atoms with Crippen molar-refractivity contribution in [1.29, 1.82) is 0 Å². The quantitative estimate of drug-likeness (QED) is 0.431. The maximum absolute atomic E-state index is 12.5. The number of hydrogen-bond donors (Lipinski definition) is 3. The Labute approximate surface area is 159 Å². The van der Waals surface area contributed by atoms with Crippen molar-refractivity contribution >= 4 is 18.0 Å². The Kier molecular flexibility index (Phi) is 9.45. The van der Waals surface area contributed by atoms with Gasteiger partial charge in [0.05, 0.1) is 0 Å². The molecule has 0 bridgehead atoms. The van der Waals surface area contributed by atoms with E-state index in [0.717, 1.165) is 5.56 Å². The van der Waals surface area contributed by atoms with Crippen LogP contribution in [0.25, 0.3) is 0 Å². The van der Waals surface area contributed by atoms with Crippen LogP contribution in [-0.2, 0) is 20.9 Å². The highest BCUT2D eigenvalue weighted by Crippen LogP contribution is 2.07. The fourth-order valence-corrected chi connectivity index (χ4v) is 2.35. The van der Waals surface area contributed by atoms with Gasteiger partial charge in [-0.25, -0.2) is 9.59 Å². The second-order valence-corrected chi connectivity index (χ2v) is 6.42. The number of carboxylic acid groups (broad SMARTS) is 1. The minimum atomic E-state index is -1.14. The van der Waals surface area contributed by atoms with Crippen molar-refractivity contribution in [2.75, 3.05) is 0 Å². The molecule has 0 aliphatic carbocycles. The molecule has 0 saturated carbocycles. The van der Waals surface area contributed by atoms with Crippen molar-refractivity contribution < 1.29 is 24.2 Å². The molecule has 1 rings (SSSR count). The van der Waals surface area contributed by atoms with Gasteiger partial charge in [-0.1, -0.05) is 44.2 Å². The number of carbonyl (C=O) groups is 3. The number of carbonyl (C=O) groups excluding carboxylic acids is 2. The van der Waals surface area contributed by atoms with Crippen molar-refractivity contribution in [3.05, 3.63) is 35.9 Å². The van der Waals surface area contributed by atoms with Crippen LogP contribution in [0, 0.1) is 18.3 Å². The molecule has 3 N–H and O–H groups in total. The Morgan fingerprint density at radius 1 is 1.19 bits per heavy atom. The molecule has 0 aliphatic rings. The number of terminal acetylenes is 1. The molecule has 0 heterocycles. The molecule has 146 valence electrons. The molecule has 27 heavy (non-hydrogen) atoms. The number of carboxylic acids is 1. The number of ether oxygens (including phenoxy) is 1. The van der Waals surface area contributed by atoms with Crippen LogP contribution < -0.4 is 10.6 Å². The average molecular weight is 374 g/mol. The normalized spacial score (nSPS) is 12.5. The monoisotopic (exact) mass is 374 g/mol. The largest absolute Gasteiger partial charge is 0.480 e. The van der Waals surface area contributed by atoms with Gasteiger partial charge in [0.25, 0.3) is 0 Å². The van der Waals surface area contributed by atoms with Gasteiger partial charge >= 0.3 is 12.1 Å². The predicted molar refractivity (Wildman–Crippen MR) is 101 cm³/mol. The van der Waals surface area contributed by atoms with Crippen molar-refractivity contribution in [1.82, 2.24) is 10.6 Å². The lowest BCUT2D eigenvalue weighted by atomic mass is 10.0. The third-order valence-corrected chi connectivity index (χ3v) is 3.86. The van der Waals surface area contributed by atoms with Crippen molar-refractivity contribution in [2.45, 2.75) is 51.8 Å². The highest BCUT2D eigenvalue weighted by Gasteiger charge is 2.28. The Morgan fingerprint density at radius 3 is 2.41 bits per heavy atom. The second kappa shape index (κ2) is 11.6. The summed E-state index contributed by atoms with van der Waals surface area (Å²) in [5.74, 6) is 0.457. The van der Waals surface area contributed by atoms with Gasteiger partial charge in [0.1, 0.15) is 18.7 Å². The van der Waals surface area contributed by atoms with Gasteiger partial charge < -0.3 is 20.5 Å². The number of nitrogens with one attached hydrogen (secondary N) is 2. The third-order valence-electron chi connectivity index (χ3n) is 3.86. The van der Waals surface area contributed by atoms with Gasteiger partial charge in [0.2, 0.25) is 5.91 Å². The van der Waals surface area contributed by atoms with E-state index in [4.69, 9.17) is 11.2 Å². The highest BCUT2D eigenvalue weighted by atomic mass is 16.5. The molecule has 1 aromatic rings. The van der Waals surface area contributed by atoms with Crippen molar-refractivity contribution in [3.63, 3.8) is 0 Å². The smallest absolute Gasteiger partial charge is 0.408 e. The van der Waals surface area contributed by atoms with Crippen LogP contribution in [0.5, 0.6) is 0 Å². The van der Waals surface area contributed by atoms with E-state index in [1.165, 1.54) is 0 Å². The fourth-order valence-electron chi connectivity index (χ4n) is 2.35. The lowest BCUT2D eigenvalue weighted by Gasteiger charge is -2.23. The van der Waals surface area contributed by atoms with Gasteiger partial charge in [-0.15, -0.1) is 12.3 Å². The molecule has 0 radical (unpaired) electrons. The summed E-state index contributed by atoms with van der Waals surface area (Å²) in [4.78, 5) is 35.8. The van der Waals surface area contributed by atoms with Gasteiger partial charge in [-0.3, -0.25) is 4.79 Å². The molecule has 7 heteroatoms. The molecule has 2 amide bonds. The first kappa shape index (κ1) is 22.0. The third kappa shape index (κ3) is 8.27. The molecule has 0 fully saturated rings.